The third-order valence-corrected chi connectivity index (χ3v) is 1.77. The highest BCUT2D eigenvalue weighted by atomic mass is 19.4. The first-order chi connectivity index (χ1) is 6.43. The zero-order valence-corrected chi connectivity index (χ0v) is 7.18. The summed E-state index contributed by atoms with van der Waals surface area (Å²) >= 11 is 0. The van der Waals surface area contributed by atoms with Crippen molar-refractivity contribution in [3.05, 3.63) is 35.9 Å². The van der Waals surface area contributed by atoms with Crippen molar-refractivity contribution >= 4 is 5.84 Å². The number of hydrogen-bond acceptors (Lipinski definition) is 1. The van der Waals surface area contributed by atoms with E-state index in [9.17, 15) is 13.2 Å². The fraction of sp³-hybridized carbons (Fsp3) is 0.222. The first-order valence-electron chi connectivity index (χ1n) is 3.88. The lowest BCUT2D eigenvalue weighted by Gasteiger charge is -2.18. The molecule has 1 rings (SSSR count). The molecule has 1 unspecified atom stereocenters. The van der Waals surface area contributed by atoms with E-state index in [0.717, 1.165) is 0 Å². The standard InChI is InChI=1S/C9H9F3N2/c10-9(11,12)7(8(13)14)6-4-2-1-3-5-6/h1-5,7H,(H3,13,14). The molecule has 5 heteroatoms. The van der Waals surface area contributed by atoms with E-state index in [4.69, 9.17) is 11.1 Å². The Hall–Kier alpha value is -1.52. The van der Waals surface area contributed by atoms with Crippen molar-refractivity contribution in [1.29, 1.82) is 5.41 Å². The van der Waals surface area contributed by atoms with Gasteiger partial charge in [-0.15, -0.1) is 0 Å². The summed E-state index contributed by atoms with van der Waals surface area (Å²) in [4.78, 5) is 0. The third-order valence-electron chi connectivity index (χ3n) is 1.77. The average Bonchev–Trinajstić information content (AvgIpc) is 2.02. The highest BCUT2D eigenvalue weighted by Crippen LogP contribution is 2.34. The van der Waals surface area contributed by atoms with E-state index in [-0.39, 0.29) is 5.56 Å². The molecule has 0 aromatic heterocycles. The number of halogens is 3. The first kappa shape index (κ1) is 10.6. The molecule has 2 nitrogen and oxygen atoms in total. The molecule has 0 bridgehead atoms. The summed E-state index contributed by atoms with van der Waals surface area (Å²) in [7, 11) is 0. The molecule has 0 saturated heterocycles. The van der Waals surface area contributed by atoms with Gasteiger partial charge >= 0.3 is 6.18 Å². The van der Waals surface area contributed by atoms with Gasteiger partial charge in [-0.1, -0.05) is 30.3 Å². The van der Waals surface area contributed by atoms with Crippen LogP contribution in [-0.4, -0.2) is 12.0 Å². The molecule has 76 valence electrons. The second-order valence-corrected chi connectivity index (χ2v) is 2.84. The lowest BCUT2D eigenvalue weighted by Crippen LogP contribution is -2.32. The van der Waals surface area contributed by atoms with Crippen molar-refractivity contribution in [3.63, 3.8) is 0 Å². The molecular weight excluding hydrogens is 193 g/mol. The molecule has 0 amide bonds. The number of alkyl halides is 3. The van der Waals surface area contributed by atoms with E-state index in [2.05, 4.69) is 0 Å². The SMILES string of the molecule is N=C(N)C(c1ccccc1)C(F)(F)F. The van der Waals surface area contributed by atoms with Crippen LogP contribution in [0.5, 0.6) is 0 Å². The molecule has 0 spiro atoms. The normalized spacial score (nSPS) is 13.6. The zero-order chi connectivity index (χ0) is 10.8. The lowest BCUT2D eigenvalue weighted by atomic mass is 9.98. The predicted molar refractivity (Wildman–Crippen MR) is 47.2 cm³/mol. The van der Waals surface area contributed by atoms with E-state index in [1.807, 2.05) is 0 Å². The van der Waals surface area contributed by atoms with Crippen LogP contribution in [-0.2, 0) is 0 Å². The Kier molecular flexibility index (Phi) is 2.78. The van der Waals surface area contributed by atoms with E-state index in [1.54, 1.807) is 6.07 Å². The van der Waals surface area contributed by atoms with Gasteiger partial charge in [0.2, 0.25) is 0 Å². The summed E-state index contributed by atoms with van der Waals surface area (Å²) in [5, 5.41) is 6.90. The van der Waals surface area contributed by atoms with Crippen molar-refractivity contribution in [2.75, 3.05) is 0 Å². The second-order valence-electron chi connectivity index (χ2n) is 2.84. The van der Waals surface area contributed by atoms with Gasteiger partial charge in [0.15, 0.2) is 0 Å². The highest BCUT2D eigenvalue weighted by Gasteiger charge is 2.42. The van der Waals surface area contributed by atoms with Crippen LogP contribution in [0.4, 0.5) is 13.2 Å². The van der Waals surface area contributed by atoms with Gasteiger partial charge in [0.05, 0.1) is 0 Å². The summed E-state index contributed by atoms with van der Waals surface area (Å²) in [6, 6.07) is 7.18. The van der Waals surface area contributed by atoms with Gasteiger partial charge in [-0.05, 0) is 5.56 Å². The van der Waals surface area contributed by atoms with Crippen molar-refractivity contribution in [1.82, 2.24) is 0 Å². The molecule has 1 aromatic carbocycles. The van der Waals surface area contributed by atoms with Crippen LogP contribution in [0.25, 0.3) is 0 Å². The maximum Gasteiger partial charge on any atom is 0.402 e. The van der Waals surface area contributed by atoms with Crippen molar-refractivity contribution in [3.8, 4) is 0 Å². The Labute approximate surface area is 79.0 Å². The van der Waals surface area contributed by atoms with Crippen LogP contribution in [0.1, 0.15) is 11.5 Å². The van der Waals surface area contributed by atoms with Crippen LogP contribution < -0.4 is 5.73 Å². The fourth-order valence-electron chi connectivity index (χ4n) is 1.19. The summed E-state index contributed by atoms with van der Waals surface area (Å²) in [6.07, 6.45) is -4.51. The number of nitrogens with two attached hydrogens (primary N) is 1. The minimum atomic E-state index is -4.51. The molecule has 0 heterocycles. The average molecular weight is 202 g/mol. The lowest BCUT2D eigenvalue weighted by molar-refractivity contribution is -0.135. The fourth-order valence-corrected chi connectivity index (χ4v) is 1.19. The third kappa shape index (κ3) is 2.25. The van der Waals surface area contributed by atoms with E-state index >= 15 is 0 Å². The van der Waals surface area contributed by atoms with Crippen LogP contribution >= 0.6 is 0 Å². The molecule has 14 heavy (non-hydrogen) atoms. The van der Waals surface area contributed by atoms with E-state index in [0.29, 0.717) is 0 Å². The van der Waals surface area contributed by atoms with Crippen LogP contribution in [0, 0.1) is 5.41 Å². The number of benzene rings is 1. The first-order valence-corrected chi connectivity index (χ1v) is 3.88. The van der Waals surface area contributed by atoms with Crippen LogP contribution in [0.15, 0.2) is 30.3 Å². The topological polar surface area (TPSA) is 49.9 Å². The Bertz CT molecular complexity index is 319. The highest BCUT2D eigenvalue weighted by molar-refractivity contribution is 5.85. The van der Waals surface area contributed by atoms with E-state index in [1.165, 1.54) is 24.3 Å². The van der Waals surface area contributed by atoms with Gasteiger partial charge in [0, 0.05) is 0 Å². The Morgan fingerprint density at radius 2 is 1.71 bits per heavy atom. The Morgan fingerprint density at radius 1 is 1.21 bits per heavy atom. The molecule has 0 fully saturated rings. The Morgan fingerprint density at radius 3 is 2.07 bits per heavy atom. The molecule has 1 atom stereocenters. The van der Waals surface area contributed by atoms with Gasteiger partial charge in [-0.2, -0.15) is 13.2 Å². The Balaban J connectivity index is 3.08. The second kappa shape index (κ2) is 3.69. The monoisotopic (exact) mass is 202 g/mol. The molecule has 0 aliphatic heterocycles. The summed E-state index contributed by atoms with van der Waals surface area (Å²) in [6.45, 7) is 0. The van der Waals surface area contributed by atoms with E-state index < -0.39 is 17.9 Å². The van der Waals surface area contributed by atoms with Crippen molar-refractivity contribution in [2.24, 2.45) is 5.73 Å². The molecule has 0 saturated carbocycles. The molecule has 1 aromatic rings. The van der Waals surface area contributed by atoms with Gasteiger partial charge in [0.25, 0.3) is 0 Å². The van der Waals surface area contributed by atoms with Crippen LogP contribution in [0.2, 0.25) is 0 Å². The van der Waals surface area contributed by atoms with Gasteiger partial charge < -0.3 is 5.73 Å². The number of amidine groups is 1. The van der Waals surface area contributed by atoms with Crippen molar-refractivity contribution in [2.45, 2.75) is 12.1 Å². The zero-order valence-electron chi connectivity index (χ0n) is 7.18. The molecule has 0 aliphatic rings. The maximum absolute atomic E-state index is 12.4. The molecule has 3 N–H and O–H groups in total. The van der Waals surface area contributed by atoms with Gasteiger partial charge in [-0.25, -0.2) is 0 Å². The molecule has 0 aliphatic carbocycles. The predicted octanol–water partition coefficient (Wildman–Crippen LogP) is 2.27. The quantitative estimate of drug-likeness (QED) is 0.561. The summed E-state index contributed by atoms with van der Waals surface area (Å²) in [5.41, 5.74) is 4.91. The minimum absolute atomic E-state index is 0.00694. The molecule has 0 radical (unpaired) electrons. The number of rotatable bonds is 2. The molecular formula is C9H9F3N2. The smallest absolute Gasteiger partial charge is 0.387 e. The van der Waals surface area contributed by atoms with Crippen LogP contribution in [0.3, 0.4) is 0 Å². The number of hydrogen-bond donors (Lipinski definition) is 2. The minimum Gasteiger partial charge on any atom is -0.387 e. The summed E-state index contributed by atoms with van der Waals surface area (Å²) in [5.74, 6) is -2.88. The maximum atomic E-state index is 12.4. The number of nitrogens with one attached hydrogen (secondary N) is 1. The van der Waals surface area contributed by atoms with Gasteiger partial charge in [-0.3, -0.25) is 5.41 Å². The summed E-state index contributed by atoms with van der Waals surface area (Å²) < 4.78 is 37.3. The van der Waals surface area contributed by atoms with Gasteiger partial charge in [0.1, 0.15) is 11.8 Å². The van der Waals surface area contributed by atoms with Crippen molar-refractivity contribution < 1.29 is 13.2 Å². The largest absolute Gasteiger partial charge is 0.402 e.